The number of carbonyl (C=O) groups is 1. The molecule has 0 spiro atoms. The molecule has 6 heteroatoms. The van der Waals surface area contributed by atoms with Crippen molar-refractivity contribution in [2.45, 2.75) is 32.5 Å². The van der Waals surface area contributed by atoms with Gasteiger partial charge in [-0.15, -0.1) is 0 Å². The normalized spacial score (nSPS) is 13.2. The summed E-state index contributed by atoms with van der Waals surface area (Å²) in [4.78, 5) is 12.1. The van der Waals surface area contributed by atoms with Gasteiger partial charge in [0, 0.05) is 18.5 Å². The molecule has 2 aromatic rings. The summed E-state index contributed by atoms with van der Waals surface area (Å²) in [5.41, 5.74) is 1.02. The van der Waals surface area contributed by atoms with Crippen molar-refractivity contribution >= 4 is 5.91 Å². The van der Waals surface area contributed by atoms with E-state index in [2.05, 4.69) is 5.32 Å². The van der Waals surface area contributed by atoms with Gasteiger partial charge in [-0.25, -0.2) is 8.78 Å². The number of hydrogen-bond acceptors (Lipinski definition) is 3. The first-order chi connectivity index (χ1) is 11.9. The molecule has 0 aliphatic heterocycles. The van der Waals surface area contributed by atoms with Gasteiger partial charge in [-0.2, -0.15) is 0 Å². The van der Waals surface area contributed by atoms with Crippen molar-refractivity contribution in [1.82, 2.24) is 5.32 Å². The Balaban J connectivity index is 1.90. The molecule has 25 heavy (non-hydrogen) atoms. The molecule has 0 bridgehead atoms. The van der Waals surface area contributed by atoms with Gasteiger partial charge < -0.3 is 15.2 Å². The van der Waals surface area contributed by atoms with Gasteiger partial charge in [0.2, 0.25) is 0 Å². The minimum Gasteiger partial charge on any atom is -0.481 e. The second-order valence-corrected chi connectivity index (χ2v) is 5.88. The van der Waals surface area contributed by atoms with E-state index in [1.807, 2.05) is 0 Å². The molecule has 0 radical (unpaired) electrons. The summed E-state index contributed by atoms with van der Waals surface area (Å²) >= 11 is 0. The highest BCUT2D eigenvalue weighted by Crippen LogP contribution is 2.19. The van der Waals surface area contributed by atoms with E-state index in [1.54, 1.807) is 38.1 Å². The number of ether oxygens (including phenoxy) is 1. The fourth-order valence-electron chi connectivity index (χ4n) is 2.38. The van der Waals surface area contributed by atoms with Crippen LogP contribution in [0, 0.1) is 11.6 Å². The van der Waals surface area contributed by atoms with Crippen LogP contribution in [0.1, 0.15) is 30.9 Å². The van der Waals surface area contributed by atoms with Crippen LogP contribution in [-0.4, -0.2) is 23.7 Å². The molecule has 0 aromatic heterocycles. The largest absolute Gasteiger partial charge is 0.481 e. The lowest BCUT2D eigenvalue weighted by atomic mass is 10.0. The molecule has 134 valence electrons. The zero-order valence-electron chi connectivity index (χ0n) is 14.1. The third-order valence-electron chi connectivity index (χ3n) is 3.84. The highest BCUT2D eigenvalue weighted by Gasteiger charge is 2.17. The molecule has 4 nitrogen and oxygen atoms in total. The fraction of sp³-hybridized carbons (Fsp3) is 0.316. The topological polar surface area (TPSA) is 58.6 Å². The molecule has 0 heterocycles. The zero-order valence-corrected chi connectivity index (χ0v) is 14.1. The molecule has 2 rings (SSSR count). The maximum Gasteiger partial charge on any atom is 0.260 e. The Bertz CT molecular complexity index is 736. The number of hydrogen-bond donors (Lipinski definition) is 2. The molecule has 1 amide bonds. The molecule has 0 saturated carbocycles. The lowest BCUT2D eigenvalue weighted by Gasteiger charge is -2.18. The van der Waals surface area contributed by atoms with Crippen LogP contribution in [0.15, 0.2) is 42.5 Å². The first kappa shape index (κ1) is 18.9. The van der Waals surface area contributed by atoms with E-state index in [-0.39, 0.29) is 25.0 Å². The van der Waals surface area contributed by atoms with E-state index in [9.17, 15) is 13.6 Å². The minimum absolute atomic E-state index is 0.113. The molecule has 2 N–H and O–H groups in total. The number of rotatable bonds is 7. The van der Waals surface area contributed by atoms with E-state index >= 15 is 0 Å². The van der Waals surface area contributed by atoms with Crippen molar-refractivity contribution in [2.75, 3.05) is 6.54 Å². The number of aliphatic hydroxyl groups is 1. The van der Waals surface area contributed by atoms with Gasteiger partial charge in [0.1, 0.15) is 17.4 Å². The highest BCUT2D eigenvalue weighted by atomic mass is 19.1. The van der Waals surface area contributed by atoms with Crippen molar-refractivity contribution in [2.24, 2.45) is 0 Å². The van der Waals surface area contributed by atoms with Crippen LogP contribution in [0.3, 0.4) is 0 Å². The zero-order chi connectivity index (χ0) is 18.4. The van der Waals surface area contributed by atoms with E-state index in [0.29, 0.717) is 16.9 Å². The maximum atomic E-state index is 13.7. The van der Waals surface area contributed by atoms with Crippen molar-refractivity contribution in [3.8, 4) is 5.75 Å². The number of nitrogens with one attached hydrogen (secondary N) is 1. The second-order valence-electron chi connectivity index (χ2n) is 5.88. The van der Waals surface area contributed by atoms with E-state index in [4.69, 9.17) is 9.84 Å². The van der Waals surface area contributed by atoms with E-state index < -0.39 is 17.7 Å². The van der Waals surface area contributed by atoms with E-state index in [1.165, 1.54) is 12.1 Å². The molecule has 2 aromatic carbocycles. The Morgan fingerprint density at radius 1 is 1.20 bits per heavy atom. The third kappa shape index (κ3) is 5.26. The molecule has 2 atom stereocenters. The van der Waals surface area contributed by atoms with Crippen molar-refractivity contribution in [3.05, 3.63) is 65.2 Å². The summed E-state index contributed by atoms with van der Waals surface area (Å²) in [5.74, 6) is -1.44. The summed E-state index contributed by atoms with van der Waals surface area (Å²) in [6, 6.07) is 10.2. The fourth-order valence-corrected chi connectivity index (χ4v) is 2.38. The number of benzene rings is 2. The smallest absolute Gasteiger partial charge is 0.260 e. The predicted molar refractivity (Wildman–Crippen MR) is 90.2 cm³/mol. The van der Waals surface area contributed by atoms with Crippen LogP contribution in [0.5, 0.6) is 5.75 Å². The van der Waals surface area contributed by atoms with Crippen LogP contribution >= 0.6 is 0 Å². The Hall–Kier alpha value is -2.47. The summed E-state index contributed by atoms with van der Waals surface area (Å²) in [5, 5.41) is 11.8. The van der Waals surface area contributed by atoms with Crippen LogP contribution in [0.4, 0.5) is 8.78 Å². The summed E-state index contributed by atoms with van der Waals surface area (Å²) in [6.07, 6.45) is -0.751. The first-order valence-corrected chi connectivity index (χ1v) is 7.99. The standard InChI is InChI=1S/C19H21F2NO3/c1-12(17-7-6-15(20)9-18(17)21)10-22-19(24)13(2)25-16-5-3-4-14(8-16)11-23/h3-9,12-13,23H,10-11H2,1-2H3,(H,22,24). The van der Waals surface area contributed by atoms with Crippen molar-refractivity contribution in [1.29, 1.82) is 0 Å². The molecule has 0 aliphatic rings. The van der Waals surface area contributed by atoms with Gasteiger partial charge in [-0.3, -0.25) is 4.79 Å². The lowest BCUT2D eigenvalue weighted by Crippen LogP contribution is -2.38. The summed E-state index contributed by atoms with van der Waals surface area (Å²) < 4.78 is 32.2. The number of amides is 1. The Morgan fingerprint density at radius 3 is 2.64 bits per heavy atom. The quantitative estimate of drug-likeness (QED) is 0.807. The number of carbonyl (C=O) groups excluding carboxylic acids is 1. The van der Waals surface area contributed by atoms with Crippen LogP contribution < -0.4 is 10.1 Å². The van der Waals surface area contributed by atoms with Gasteiger partial charge in [0.05, 0.1) is 6.61 Å². The lowest BCUT2D eigenvalue weighted by molar-refractivity contribution is -0.127. The van der Waals surface area contributed by atoms with Crippen LogP contribution in [-0.2, 0) is 11.4 Å². The molecule has 0 saturated heterocycles. The average molecular weight is 349 g/mol. The van der Waals surface area contributed by atoms with Gasteiger partial charge >= 0.3 is 0 Å². The monoisotopic (exact) mass is 349 g/mol. The first-order valence-electron chi connectivity index (χ1n) is 7.99. The molecule has 0 fully saturated rings. The van der Waals surface area contributed by atoms with Gasteiger partial charge in [-0.1, -0.05) is 25.1 Å². The van der Waals surface area contributed by atoms with E-state index in [0.717, 1.165) is 6.07 Å². The SMILES string of the molecule is CC(Oc1cccc(CO)c1)C(=O)NCC(C)c1ccc(F)cc1F. The van der Waals surface area contributed by atoms with Crippen molar-refractivity contribution < 1.29 is 23.4 Å². The molecular formula is C19H21F2NO3. The van der Waals surface area contributed by atoms with Gasteiger partial charge in [0.15, 0.2) is 6.10 Å². The molecule has 2 unspecified atom stereocenters. The number of aliphatic hydroxyl groups excluding tert-OH is 1. The van der Waals surface area contributed by atoms with Crippen LogP contribution in [0.25, 0.3) is 0 Å². The minimum atomic E-state index is -0.751. The maximum absolute atomic E-state index is 13.7. The van der Waals surface area contributed by atoms with Gasteiger partial charge in [0.25, 0.3) is 5.91 Å². The molecule has 0 aliphatic carbocycles. The predicted octanol–water partition coefficient (Wildman–Crippen LogP) is 3.14. The highest BCUT2D eigenvalue weighted by molar-refractivity contribution is 5.80. The Labute approximate surface area is 145 Å². The third-order valence-corrected chi connectivity index (χ3v) is 3.84. The summed E-state index contributed by atoms with van der Waals surface area (Å²) in [7, 11) is 0. The summed E-state index contributed by atoms with van der Waals surface area (Å²) in [6.45, 7) is 3.43. The second kappa shape index (κ2) is 8.58. The Kier molecular flexibility index (Phi) is 6.47. The average Bonchev–Trinajstić information content (AvgIpc) is 2.59. The van der Waals surface area contributed by atoms with Gasteiger partial charge in [-0.05, 0) is 36.2 Å². The molecular weight excluding hydrogens is 328 g/mol. The van der Waals surface area contributed by atoms with Crippen LogP contribution in [0.2, 0.25) is 0 Å². The van der Waals surface area contributed by atoms with Crippen molar-refractivity contribution in [3.63, 3.8) is 0 Å². The Morgan fingerprint density at radius 2 is 1.96 bits per heavy atom. The number of halogens is 2.